The lowest BCUT2D eigenvalue weighted by Crippen LogP contribution is -2.41. The van der Waals surface area contributed by atoms with E-state index in [0.29, 0.717) is 13.1 Å². The maximum Gasteiger partial charge on any atom is 0.407 e. The first-order valence-electron chi connectivity index (χ1n) is 6.71. The van der Waals surface area contributed by atoms with Crippen LogP contribution in [0.25, 0.3) is 6.08 Å². The molecule has 2 N–H and O–H groups in total. The number of carboxylic acid groups (broad SMARTS) is 1. The zero-order chi connectivity index (χ0) is 14.4. The monoisotopic (exact) mass is 277 g/mol. The molecule has 0 spiro atoms. The molecule has 1 aromatic rings. The normalized spacial score (nSPS) is 16.6. The Hall–Kier alpha value is -2.01. The number of aliphatic hydroxyl groups is 1. The van der Waals surface area contributed by atoms with Gasteiger partial charge < -0.3 is 19.8 Å². The van der Waals surface area contributed by atoms with Crippen LogP contribution >= 0.6 is 0 Å². The van der Waals surface area contributed by atoms with Crippen molar-refractivity contribution in [1.82, 2.24) is 4.90 Å². The molecule has 1 fully saturated rings. The number of nitrogens with zero attached hydrogens (tertiary/aromatic N) is 1. The van der Waals surface area contributed by atoms with Crippen LogP contribution in [-0.2, 0) is 0 Å². The largest absolute Gasteiger partial charge is 0.490 e. The third kappa shape index (κ3) is 3.99. The predicted octanol–water partition coefficient (Wildman–Crippen LogP) is 2.21. The zero-order valence-electron chi connectivity index (χ0n) is 11.2. The highest BCUT2D eigenvalue weighted by molar-refractivity contribution is 5.65. The number of likely N-dealkylation sites (tertiary alicyclic amines) is 1. The molecule has 0 unspecified atom stereocenters. The summed E-state index contributed by atoms with van der Waals surface area (Å²) in [4.78, 5) is 12.2. The van der Waals surface area contributed by atoms with Crippen LogP contribution in [0, 0.1) is 0 Å². The van der Waals surface area contributed by atoms with Crippen LogP contribution < -0.4 is 4.74 Å². The highest BCUT2D eigenvalue weighted by Gasteiger charge is 2.23. The summed E-state index contributed by atoms with van der Waals surface area (Å²) in [6, 6.07) is 7.63. The van der Waals surface area contributed by atoms with Gasteiger partial charge in [0.25, 0.3) is 0 Å². The Bertz CT molecular complexity index is 461. The molecule has 1 amide bonds. The van der Waals surface area contributed by atoms with Gasteiger partial charge in [-0.25, -0.2) is 4.79 Å². The Kier molecular flexibility index (Phi) is 5.01. The maximum absolute atomic E-state index is 10.8. The van der Waals surface area contributed by atoms with Crippen molar-refractivity contribution < 1.29 is 19.7 Å². The molecule has 1 saturated heterocycles. The summed E-state index contributed by atoms with van der Waals surface area (Å²) in [7, 11) is 0. The van der Waals surface area contributed by atoms with Gasteiger partial charge in [-0.3, -0.25) is 0 Å². The smallest absolute Gasteiger partial charge is 0.407 e. The van der Waals surface area contributed by atoms with Gasteiger partial charge in [0.1, 0.15) is 11.9 Å². The summed E-state index contributed by atoms with van der Waals surface area (Å²) < 4.78 is 5.85. The first-order valence-corrected chi connectivity index (χ1v) is 6.71. The molecule has 2 rings (SSSR count). The highest BCUT2D eigenvalue weighted by atomic mass is 16.5. The summed E-state index contributed by atoms with van der Waals surface area (Å²) in [5.74, 6) is 0.792. The Morgan fingerprint density at radius 2 is 1.95 bits per heavy atom. The van der Waals surface area contributed by atoms with Crippen LogP contribution in [0.5, 0.6) is 5.75 Å². The van der Waals surface area contributed by atoms with Gasteiger partial charge in [-0.15, -0.1) is 0 Å². The molecule has 0 bridgehead atoms. The average molecular weight is 277 g/mol. The molecule has 0 radical (unpaired) electrons. The van der Waals surface area contributed by atoms with E-state index in [-0.39, 0.29) is 12.7 Å². The molecule has 108 valence electrons. The molecule has 0 aromatic heterocycles. The van der Waals surface area contributed by atoms with Gasteiger partial charge >= 0.3 is 6.09 Å². The van der Waals surface area contributed by atoms with Gasteiger partial charge in [-0.2, -0.15) is 0 Å². The second-order valence-corrected chi connectivity index (χ2v) is 4.74. The highest BCUT2D eigenvalue weighted by Crippen LogP contribution is 2.20. The molecule has 1 aliphatic rings. The van der Waals surface area contributed by atoms with Crippen LogP contribution in [0.3, 0.4) is 0 Å². The van der Waals surface area contributed by atoms with E-state index in [9.17, 15) is 4.79 Å². The quantitative estimate of drug-likeness (QED) is 0.885. The molecule has 20 heavy (non-hydrogen) atoms. The van der Waals surface area contributed by atoms with E-state index in [1.807, 2.05) is 30.3 Å². The average Bonchev–Trinajstić information content (AvgIpc) is 2.47. The molecular formula is C15H19NO4. The zero-order valence-corrected chi connectivity index (χ0v) is 11.2. The first kappa shape index (κ1) is 14.4. The summed E-state index contributed by atoms with van der Waals surface area (Å²) in [5, 5.41) is 17.6. The van der Waals surface area contributed by atoms with E-state index in [4.69, 9.17) is 14.9 Å². The number of benzene rings is 1. The first-order chi connectivity index (χ1) is 9.69. The van der Waals surface area contributed by atoms with Crippen molar-refractivity contribution in [3.05, 3.63) is 35.9 Å². The fourth-order valence-electron chi connectivity index (χ4n) is 2.20. The number of rotatable bonds is 4. The van der Waals surface area contributed by atoms with Crippen molar-refractivity contribution in [2.45, 2.75) is 18.9 Å². The number of amides is 1. The maximum atomic E-state index is 10.8. The van der Waals surface area contributed by atoms with Crippen molar-refractivity contribution in [1.29, 1.82) is 0 Å². The lowest BCUT2D eigenvalue weighted by atomic mass is 10.1. The van der Waals surface area contributed by atoms with E-state index < -0.39 is 6.09 Å². The molecule has 0 atom stereocenters. The van der Waals surface area contributed by atoms with Crippen LogP contribution in [0.4, 0.5) is 4.79 Å². The number of hydrogen-bond donors (Lipinski definition) is 2. The summed E-state index contributed by atoms with van der Waals surface area (Å²) in [6.45, 7) is 1.08. The second-order valence-electron chi connectivity index (χ2n) is 4.74. The second kappa shape index (κ2) is 6.96. The molecule has 5 heteroatoms. The number of carbonyl (C=O) groups is 1. The number of ether oxygens (including phenoxy) is 1. The predicted molar refractivity (Wildman–Crippen MR) is 75.8 cm³/mol. The standard InChI is InChI=1S/C15H19NO4/c17-11-1-2-12-3-5-13(6-4-12)20-14-7-9-16(10-8-14)15(18)19/h1-6,14,17H,7-11H2,(H,18,19)/b2-1+. The number of hydrogen-bond acceptors (Lipinski definition) is 3. The third-order valence-corrected chi connectivity index (χ3v) is 3.31. The van der Waals surface area contributed by atoms with E-state index in [2.05, 4.69) is 0 Å². The van der Waals surface area contributed by atoms with Crippen LogP contribution in [0.1, 0.15) is 18.4 Å². The SMILES string of the molecule is O=C(O)N1CCC(Oc2ccc(/C=C/CO)cc2)CC1. The van der Waals surface area contributed by atoms with Crippen molar-refractivity contribution in [3.63, 3.8) is 0 Å². The Morgan fingerprint density at radius 3 is 2.50 bits per heavy atom. The number of aliphatic hydroxyl groups excluding tert-OH is 1. The summed E-state index contributed by atoms with van der Waals surface area (Å²) in [5.41, 5.74) is 1.01. The molecule has 1 aliphatic heterocycles. The van der Waals surface area contributed by atoms with Gasteiger partial charge in [-0.1, -0.05) is 24.3 Å². The van der Waals surface area contributed by atoms with Crippen LogP contribution in [0.2, 0.25) is 0 Å². The minimum Gasteiger partial charge on any atom is -0.490 e. The van der Waals surface area contributed by atoms with E-state index in [1.54, 1.807) is 6.08 Å². The van der Waals surface area contributed by atoms with E-state index in [1.165, 1.54) is 4.90 Å². The molecule has 0 aliphatic carbocycles. The minimum atomic E-state index is -0.858. The van der Waals surface area contributed by atoms with E-state index in [0.717, 1.165) is 24.2 Å². The van der Waals surface area contributed by atoms with Crippen molar-refractivity contribution in [2.75, 3.05) is 19.7 Å². The van der Waals surface area contributed by atoms with Gasteiger partial charge in [0.2, 0.25) is 0 Å². The Labute approximate surface area is 118 Å². The van der Waals surface area contributed by atoms with Crippen molar-refractivity contribution >= 4 is 12.2 Å². The molecule has 0 saturated carbocycles. The van der Waals surface area contributed by atoms with Crippen molar-refractivity contribution in [2.24, 2.45) is 0 Å². The van der Waals surface area contributed by atoms with Crippen LogP contribution in [-0.4, -0.2) is 47.0 Å². The lowest BCUT2D eigenvalue weighted by molar-refractivity contribution is 0.0895. The molecule has 1 aromatic carbocycles. The van der Waals surface area contributed by atoms with Gasteiger partial charge in [0, 0.05) is 25.9 Å². The van der Waals surface area contributed by atoms with Gasteiger partial charge in [0.05, 0.1) is 6.61 Å². The Balaban J connectivity index is 1.85. The summed E-state index contributed by atoms with van der Waals surface area (Å²) in [6.07, 6.45) is 4.18. The molecule has 5 nitrogen and oxygen atoms in total. The van der Waals surface area contributed by atoms with Crippen molar-refractivity contribution in [3.8, 4) is 5.75 Å². The fraction of sp³-hybridized carbons (Fsp3) is 0.400. The van der Waals surface area contributed by atoms with Gasteiger partial charge in [0.15, 0.2) is 0 Å². The third-order valence-electron chi connectivity index (χ3n) is 3.31. The number of piperidine rings is 1. The van der Waals surface area contributed by atoms with Gasteiger partial charge in [-0.05, 0) is 17.7 Å². The summed E-state index contributed by atoms with van der Waals surface area (Å²) >= 11 is 0. The van der Waals surface area contributed by atoms with E-state index >= 15 is 0 Å². The molecular weight excluding hydrogens is 258 g/mol. The fourth-order valence-corrected chi connectivity index (χ4v) is 2.20. The van der Waals surface area contributed by atoms with Crippen LogP contribution in [0.15, 0.2) is 30.3 Å². The minimum absolute atomic E-state index is 0.0282. The topological polar surface area (TPSA) is 70.0 Å². The lowest BCUT2D eigenvalue weighted by Gasteiger charge is -2.30. The Morgan fingerprint density at radius 1 is 1.30 bits per heavy atom. The molecule has 1 heterocycles.